The molecule has 0 spiro atoms. The van der Waals surface area contributed by atoms with Gasteiger partial charge < -0.3 is 9.32 Å². The van der Waals surface area contributed by atoms with Gasteiger partial charge in [-0.25, -0.2) is 4.39 Å². The number of piperazine rings is 1. The molecule has 0 bridgehead atoms. The Bertz CT molecular complexity index is 1210. The van der Waals surface area contributed by atoms with E-state index < -0.39 is 0 Å². The molecule has 2 heterocycles. The van der Waals surface area contributed by atoms with Crippen LogP contribution >= 0.6 is 0 Å². The second-order valence-corrected chi connectivity index (χ2v) is 8.58. The molecule has 1 aliphatic heterocycles. The van der Waals surface area contributed by atoms with Crippen LogP contribution in [0.1, 0.15) is 28.6 Å². The van der Waals surface area contributed by atoms with E-state index in [1.807, 2.05) is 42.5 Å². The number of hydrogen-bond donors (Lipinski definition) is 0. The smallest absolute Gasteiger partial charge is 0.247 e. The van der Waals surface area contributed by atoms with Gasteiger partial charge in [-0.3, -0.25) is 4.90 Å². The van der Waals surface area contributed by atoms with E-state index in [1.165, 1.54) is 28.9 Å². The molecule has 1 atom stereocenters. The van der Waals surface area contributed by atoms with Gasteiger partial charge in [-0.1, -0.05) is 48.0 Å². The standard InChI is InChI=1S/C27H27FN4O/c1-19-8-13-24(20(2)18-19)31-14-16-32(17-15-31)25(21-9-11-23(28)12-10-21)27-30-29-26(33-27)22-6-4-3-5-7-22/h3-13,18,25H,14-17H2,1-2H3/t25-/m0/s1. The van der Waals surface area contributed by atoms with Crippen molar-refractivity contribution in [2.75, 3.05) is 31.1 Å². The predicted molar refractivity (Wildman–Crippen MR) is 128 cm³/mol. The molecular formula is C27H27FN4O. The molecule has 6 heteroatoms. The fraction of sp³-hybridized carbons (Fsp3) is 0.259. The third-order valence-electron chi connectivity index (χ3n) is 6.25. The minimum atomic E-state index is -0.257. The van der Waals surface area contributed by atoms with Gasteiger partial charge in [0.2, 0.25) is 11.8 Å². The first-order valence-corrected chi connectivity index (χ1v) is 11.3. The predicted octanol–water partition coefficient (Wildman–Crippen LogP) is 5.40. The number of benzene rings is 3. The molecule has 33 heavy (non-hydrogen) atoms. The van der Waals surface area contributed by atoms with Crippen LogP contribution in [-0.2, 0) is 0 Å². The third-order valence-corrected chi connectivity index (χ3v) is 6.25. The van der Waals surface area contributed by atoms with Crippen LogP contribution in [0.5, 0.6) is 0 Å². The minimum Gasteiger partial charge on any atom is -0.419 e. The molecule has 5 rings (SSSR count). The van der Waals surface area contributed by atoms with E-state index in [0.29, 0.717) is 11.8 Å². The highest BCUT2D eigenvalue weighted by atomic mass is 19.1. The van der Waals surface area contributed by atoms with Gasteiger partial charge >= 0.3 is 0 Å². The van der Waals surface area contributed by atoms with Crippen molar-refractivity contribution in [3.05, 3.63) is 101 Å². The number of aryl methyl sites for hydroxylation is 2. The Morgan fingerprint density at radius 1 is 0.848 bits per heavy atom. The lowest BCUT2D eigenvalue weighted by molar-refractivity contribution is 0.188. The molecule has 0 amide bonds. The lowest BCUT2D eigenvalue weighted by Gasteiger charge is -2.39. The molecule has 0 aliphatic carbocycles. The molecule has 3 aromatic carbocycles. The van der Waals surface area contributed by atoms with E-state index in [-0.39, 0.29) is 11.9 Å². The van der Waals surface area contributed by atoms with Gasteiger partial charge in [-0.15, -0.1) is 10.2 Å². The van der Waals surface area contributed by atoms with E-state index in [2.05, 4.69) is 52.0 Å². The molecule has 0 radical (unpaired) electrons. The summed E-state index contributed by atoms with van der Waals surface area (Å²) >= 11 is 0. The number of rotatable bonds is 5. The van der Waals surface area contributed by atoms with E-state index in [9.17, 15) is 4.39 Å². The molecule has 1 aliphatic rings. The van der Waals surface area contributed by atoms with Gasteiger partial charge in [0.15, 0.2) is 0 Å². The summed E-state index contributed by atoms with van der Waals surface area (Å²) in [5, 5.41) is 8.70. The van der Waals surface area contributed by atoms with Crippen molar-refractivity contribution in [2.24, 2.45) is 0 Å². The number of anilines is 1. The van der Waals surface area contributed by atoms with Crippen molar-refractivity contribution in [3.63, 3.8) is 0 Å². The summed E-state index contributed by atoms with van der Waals surface area (Å²) in [6.45, 7) is 7.73. The maximum atomic E-state index is 13.7. The Kier molecular flexibility index (Phi) is 5.92. The maximum absolute atomic E-state index is 13.7. The summed E-state index contributed by atoms with van der Waals surface area (Å²) in [6, 6.07) is 22.7. The van der Waals surface area contributed by atoms with Gasteiger partial charge in [0.1, 0.15) is 11.9 Å². The molecule has 5 nitrogen and oxygen atoms in total. The highest BCUT2D eigenvalue weighted by Gasteiger charge is 2.31. The topological polar surface area (TPSA) is 45.4 Å². The van der Waals surface area contributed by atoms with Gasteiger partial charge in [0, 0.05) is 37.4 Å². The molecule has 1 saturated heterocycles. The van der Waals surface area contributed by atoms with Crippen LogP contribution in [0, 0.1) is 19.7 Å². The van der Waals surface area contributed by atoms with E-state index in [1.54, 1.807) is 0 Å². The molecule has 0 unspecified atom stereocenters. The lowest BCUT2D eigenvalue weighted by Crippen LogP contribution is -2.48. The van der Waals surface area contributed by atoms with Crippen LogP contribution in [0.2, 0.25) is 0 Å². The highest BCUT2D eigenvalue weighted by Crippen LogP contribution is 2.32. The molecular weight excluding hydrogens is 415 g/mol. The van der Waals surface area contributed by atoms with Crippen LogP contribution in [0.3, 0.4) is 0 Å². The number of nitrogens with zero attached hydrogens (tertiary/aromatic N) is 4. The Labute approximate surface area is 193 Å². The molecule has 4 aromatic rings. The Morgan fingerprint density at radius 2 is 1.58 bits per heavy atom. The maximum Gasteiger partial charge on any atom is 0.247 e. The van der Waals surface area contributed by atoms with Crippen LogP contribution < -0.4 is 4.90 Å². The zero-order chi connectivity index (χ0) is 22.8. The zero-order valence-corrected chi connectivity index (χ0v) is 18.9. The fourth-order valence-corrected chi connectivity index (χ4v) is 4.58. The molecule has 1 aromatic heterocycles. The second kappa shape index (κ2) is 9.16. The largest absolute Gasteiger partial charge is 0.419 e. The number of aromatic nitrogens is 2. The van der Waals surface area contributed by atoms with Crippen molar-refractivity contribution in [1.29, 1.82) is 0 Å². The Balaban J connectivity index is 1.41. The van der Waals surface area contributed by atoms with Crippen molar-refractivity contribution in [3.8, 4) is 11.5 Å². The Hall–Kier alpha value is -3.51. The summed E-state index contributed by atoms with van der Waals surface area (Å²) in [6.07, 6.45) is 0. The van der Waals surface area contributed by atoms with E-state index >= 15 is 0 Å². The summed E-state index contributed by atoms with van der Waals surface area (Å²) < 4.78 is 19.8. The van der Waals surface area contributed by atoms with Gasteiger partial charge in [0.25, 0.3) is 0 Å². The monoisotopic (exact) mass is 442 g/mol. The summed E-state index contributed by atoms with van der Waals surface area (Å²) in [4.78, 5) is 4.77. The highest BCUT2D eigenvalue weighted by molar-refractivity contribution is 5.55. The van der Waals surface area contributed by atoms with Crippen LogP contribution in [0.4, 0.5) is 10.1 Å². The van der Waals surface area contributed by atoms with Crippen LogP contribution in [0.15, 0.2) is 77.2 Å². The summed E-state index contributed by atoms with van der Waals surface area (Å²) in [5.74, 6) is 0.764. The van der Waals surface area contributed by atoms with Gasteiger partial charge in [0.05, 0.1) is 0 Å². The lowest BCUT2D eigenvalue weighted by atomic mass is 10.0. The van der Waals surface area contributed by atoms with Crippen LogP contribution in [0.25, 0.3) is 11.5 Å². The fourth-order valence-electron chi connectivity index (χ4n) is 4.58. The van der Waals surface area contributed by atoms with E-state index in [4.69, 9.17) is 4.42 Å². The van der Waals surface area contributed by atoms with Crippen molar-refractivity contribution >= 4 is 5.69 Å². The third kappa shape index (κ3) is 4.52. The average molecular weight is 443 g/mol. The first kappa shape index (κ1) is 21.3. The summed E-state index contributed by atoms with van der Waals surface area (Å²) in [5.41, 5.74) is 5.68. The normalized spacial score (nSPS) is 15.5. The molecule has 168 valence electrons. The first-order valence-electron chi connectivity index (χ1n) is 11.3. The zero-order valence-electron chi connectivity index (χ0n) is 18.9. The quantitative estimate of drug-likeness (QED) is 0.414. The second-order valence-electron chi connectivity index (χ2n) is 8.58. The average Bonchev–Trinajstić information content (AvgIpc) is 3.32. The first-order chi connectivity index (χ1) is 16.1. The van der Waals surface area contributed by atoms with Crippen LogP contribution in [-0.4, -0.2) is 41.3 Å². The summed E-state index contributed by atoms with van der Waals surface area (Å²) in [7, 11) is 0. The van der Waals surface area contributed by atoms with E-state index in [0.717, 1.165) is 37.3 Å². The Morgan fingerprint density at radius 3 is 2.27 bits per heavy atom. The number of halogens is 1. The molecule has 0 N–H and O–H groups in total. The molecule has 1 fully saturated rings. The van der Waals surface area contributed by atoms with Gasteiger partial charge in [-0.2, -0.15) is 0 Å². The van der Waals surface area contributed by atoms with Gasteiger partial charge in [-0.05, 0) is 55.3 Å². The van der Waals surface area contributed by atoms with Crippen molar-refractivity contribution in [1.82, 2.24) is 15.1 Å². The van der Waals surface area contributed by atoms with Crippen molar-refractivity contribution < 1.29 is 8.81 Å². The minimum absolute atomic E-state index is 0.225. The van der Waals surface area contributed by atoms with Crippen molar-refractivity contribution in [2.45, 2.75) is 19.9 Å². The molecule has 0 saturated carbocycles. The SMILES string of the molecule is Cc1ccc(N2CCN([C@@H](c3ccc(F)cc3)c3nnc(-c4ccccc4)o3)CC2)c(C)c1. The number of hydrogen-bond acceptors (Lipinski definition) is 5.